The van der Waals surface area contributed by atoms with Crippen LogP contribution in [-0.2, 0) is 38.2 Å². The van der Waals surface area contributed by atoms with E-state index in [1.165, 1.54) is 6.42 Å². The Morgan fingerprint density at radius 1 is 1.00 bits per heavy atom. The minimum absolute atomic E-state index is 0.0179. The fourth-order valence-corrected chi connectivity index (χ4v) is 5.87. The van der Waals surface area contributed by atoms with Crippen molar-refractivity contribution in [2.24, 2.45) is 28.7 Å². The lowest BCUT2D eigenvalue weighted by Crippen LogP contribution is -2.53. The van der Waals surface area contributed by atoms with Gasteiger partial charge in [-0.2, -0.15) is 0 Å². The molecule has 0 aliphatic carbocycles. The van der Waals surface area contributed by atoms with Crippen molar-refractivity contribution in [1.82, 2.24) is 15.1 Å². The lowest BCUT2D eigenvalue weighted by Gasteiger charge is -2.40. The maximum atomic E-state index is 13.6. The number of aldehydes is 1. The number of hydrogen-bond acceptors (Lipinski definition) is 9. The first-order chi connectivity index (χ1) is 25.4. The average Bonchev–Trinajstić information content (AvgIpc) is 3.59. The number of nitrogens with one attached hydrogen (secondary N) is 1. The molecule has 4 amide bonds. The minimum Gasteiger partial charge on any atom is -0.388 e. The SMILES string of the molecule is C=C/C=C(/C)C=C.CCC.CCC(C)C(C(CC(=O)N1CCCC1C(OC)C(C)CC=O)OC)N(C)C(=O)CC(C)(C)CNC.COC.NC=O.NC=O. The molecule has 1 heterocycles. The van der Waals surface area contributed by atoms with Gasteiger partial charge in [-0.05, 0) is 44.1 Å². The average molecular weight is 772 g/mol. The molecule has 6 unspecified atom stereocenters. The second-order valence-corrected chi connectivity index (χ2v) is 13.8. The molecule has 6 atom stereocenters. The minimum atomic E-state index is -0.409. The topological polar surface area (TPSA) is 184 Å². The molecule has 0 aromatic heterocycles. The number of hydrogen-bond donors (Lipinski definition) is 3. The Morgan fingerprint density at radius 3 is 1.85 bits per heavy atom. The van der Waals surface area contributed by atoms with Gasteiger partial charge < -0.3 is 45.6 Å². The van der Waals surface area contributed by atoms with Crippen LogP contribution < -0.4 is 16.8 Å². The van der Waals surface area contributed by atoms with Crippen LogP contribution in [0.15, 0.2) is 37.0 Å². The van der Waals surface area contributed by atoms with E-state index < -0.39 is 6.10 Å². The van der Waals surface area contributed by atoms with Gasteiger partial charge >= 0.3 is 0 Å². The normalized spacial score (nSPS) is 15.9. The summed E-state index contributed by atoms with van der Waals surface area (Å²) in [6.45, 7) is 25.1. The van der Waals surface area contributed by atoms with Crippen molar-refractivity contribution in [3.8, 4) is 0 Å². The molecule has 0 aromatic carbocycles. The standard InChI is InChI=1S/C27H51N3O5.C7H10.C3H8.C2H6O.2CH3NO/c1-10-19(2)25(29(7)24(33)17-27(4,5)18-28-6)22(34-8)16-23(32)30-14-11-12-21(30)26(35-9)20(3)13-15-31;1-4-6-7(3)5-2;2*1-3-2;2*2-1-3/h15,19-22,25-26,28H,10-14,16-18H2,1-9H3;4-6H,1-2H2,3H3;3H2,1-2H3;1-2H3;2*1H,(H2,2,3)/b;7-6-;;;;. The summed E-state index contributed by atoms with van der Waals surface area (Å²) >= 11 is 0. The summed E-state index contributed by atoms with van der Waals surface area (Å²) in [6, 6.07) is -0.260. The van der Waals surface area contributed by atoms with E-state index in [1.807, 2.05) is 38.9 Å². The van der Waals surface area contributed by atoms with Crippen LogP contribution in [0, 0.1) is 17.3 Å². The van der Waals surface area contributed by atoms with Crippen molar-refractivity contribution in [3.63, 3.8) is 0 Å². The van der Waals surface area contributed by atoms with Gasteiger partial charge in [0.15, 0.2) is 0 Å². The van der Waals surface area contributed by atoms with Crippen molar-refractivity contribution in [2.75, 3.05) is 55.6 Å². The molecule has 0 aromatic rings. The number of carbonyl (C=O) groups excluding carboxylic acids is 5. The lowest BCUT2D eigenvalue weighted by atomic mass is 9.86. The fourth-order valence-electron chi connectivity index (χ4n) is 5.87. The van der Waals surface area contributed by atoms with Gasteiger partial charge in [-0.15, -0.1) is 0 Å². The largest absolute Gasteiger partial charge is 0.388 e. The maximum absolute atomic E-state index is 13.6. The van der Waals surface area contributed by atoms with E-state index in [1.54, 1.807) is 45.5 Å². The molecule has 1 rings (SSSR count). The molecule has 1 fully saturated rings. The van der Waals surface area contributed by atoms with Crippen LogP contribution in [0.3, 0.4) is 0 Å². The summed E-state index contributed by atoms with van der Waals surface area (Å²) in [5.74, 6) is 0.283. The Kier molecular flexibility index (Phi) is 43.6. The van der Waals surface area contributed by atoms with Crippen LogP contribution in [0.2, 0.25) is 0 Å². The first-order valence-corrected chi connectivity index (χ1v) is 18.8. The Labute approximate surface area is 329 Å². The Bertz CT molecular complexity index is 1000. The van der Waals surface area contributed by atoms with Crippen LogP contribution in [0.4, 0.5) is 0 Å². The predicted octanol–water partition coefficient (Wildman–Crippen LogP) is 5.32. The van der Waals surface area contributed by atoms with Crippen LogP contribution in [-0.4, -0.2) is 121 Å². The van der Waals surface area contributed by atoms with Crippen LogP contribution in [0.25, 0.3) is 0 Å². The molecule has 318 valence electrons. The monoisotopic (exact) mass is 772 g/mol. The molecule has 0 saturated carbocycles. The Balaban J connectivity index is -0.000000347. The number of carbonyl (C=O) groups is 5. The summed E-state index contributed by atoms with van der Waals surface area (Å²) in [4.78, 5) is 58.8. The van der Waals surface area contributed by atoms with Gasteiger partial charge in [0.2, 0.25) is 24.6 Å². The van der Waals surface area contributed by atoms with Crippen LogP contribution in [0.1, 0.15) is 100 Å². The smallest absolute Gasteiger partial charge is 0.225 e. The van der Waals surface area contributed by atoms with Gasteiger partial charge in [0.05, 0.1) is 30.7 Å². The molecule has 1 saturated heterocycles. The number of ether oxygens (including phenoxy) is 3. The molecule has 0 spiro atoms. The third-order valence-corrected chi connectivity index (χ3v) is 8.41. The predicted molar refractivity (Wildman–Crippen MR) is 223 cm³/mol. The molecule has 5 N–H and O–H groups in total. The second kappa shape index (κ2) is 39.3. The number of likely N-dealkylation sites (tertiary alicyclic amines) is 1. The number of rotatable bonds is 18. The highest BCUT2D eigenvalue weighted by molar-refractivity contribution is 5.79. The third-order valence-electron chi connectivity index (χ3n) is 8.41. The lowest BCUT2D eigenvalue weighted by molar-refractivity contribution is -0.145. The van der Waals surface area contributed by atoms with Gasteiger partial charge in [-0.1, -0.05) is 98.3 Å². The molecule has 13 heteroatoms. The molecule has 1 aliphatic rings. The molecule has 0 radical (unpaired) electrons. The van der Waals surface area contributed by atoms with E-state index in [4.69, 9.17) is 19.1 Å². The second-order valence-electron chi connectivity index (χ2n) is 13.8. The first kappa shape index (κ1) is 59.9. The number of likely N-dealkylation sites (N-methyl/N-ethyl adjacent to an activating group) is 1. The molecule has 1 aliphatic heterocycles. The summed E-state index contributed by atoms with van der Waals surface area (Å²) in [7, 11) is 10.3. The zero-order valence-corrected chi connectivity index (χ0v) is 36.5. The third kappa shape index (κ3) is 29.0. The summed E-state index contributed by atoms with van der Waals surface area (Å²) in [5, 5.41) is 3.17. The van der Waals surface area contributed by atoms with Gasteiger partial charge in [0.25, 0.3) is 0 Å². The summed E-state index contributed by atoms with van der Waals surface area (Å²) in [5.41, 5.74) is 9.31. The number of nitrogens with zero attached hydrogens (tertiary/aromatic N) is 2. The highest BCUT2D eigenvalue weighted by Crippen LogP contribution is 2.30. The Hall–Kier alpha value is -3.39. The van der Waals surface area contributed by atoms with Gasteiger partial charge in [-0.25, -0.2) is 0 Å². The summed E-state index contributed by atoms with van der Waals surface area (Å²) < 4.78 is 15.9. The number of nitrogens with two attached hydrogens (primary N) is 2. The quantitative estimate of drug-likeness (QED) is 0.123. The highest BCUT2D eigenvalue weighted by Gasteiger charge is 2.40. The van der Waals surface area contributed by atoms with Crippen LogP contribution >= 0.6 is 0 Å². The van der Waals surface area contributed by atoms with Gasteiger partial charge in [-0.3, -0.25) is 19.2 Å². The molecule has 0 bridgehead atoms. The van der Waals surface area contributed by atoms with Gasteiger partial charge in [0, 0.05) is 61.4 Å². The zero-order valence-electron chi connectivity index (χ0n) is 36.5. The van der Waals surface area contributed by atoms with Crippen molar-refractivity contribution in [1.29, 1.82) is 0 Å². The number of allylic oxidation sites excluding steroid dienone is 4. The van der Waals surface area contributed by atoms with Gasteiger partial charge in [0.1, 0.15) is 6.29 Å². The summed E-state index contributed by atoms with van der Waals surface area (Å²) in [6.07, 6.45) is 11.2. The van der Waals surface area contributed by atoms with E-state index in [-0.39, 0.29) is 66.5 Å². The van der Waals surface area contributed by atoms with Crippen molar-refractivity contribution < 1.29 is 38.2 Å². The Morgan fingerprint density at radius 2 is 1.50 bits per heavy atom. The number of amides is 4. The van der Waals surface area contributed by atoms with Crippen molar-refractivity contribution in [3.05, 3.63) is 37.0 Å². The molecule has 54 heavy (non-hydrogen) atoms. The van der Waals surface area contributed by atoms with E-state index >= 15 is 0 Å². The maximum Gasteiger partial charge on any atom is 0.225 e. The van der Waals surface area contributed by atoms with Crippen LogP contribution in [0.5, 0.6) is 0 Å². The van der Waals surface area contributed by atoms with E-state index in [2.05, 4.69) is 76.2 Å². The van der Waals surface area contributed by atoms with E-state index in [0.29, 0.717) is 19.4 Å². The van der Waals surface area contributed by atoms with Crippen molar-refractivity contribution in [2.45, 2.75) is 125 Å². The first-order valence-electron chi connectivity index (χ1n) is 18.8. The number of methoxy groups -OCH3 is 3. The fraction of sp³-hybridized carbons (Fsp3) is 0.732. The van der Waals surface area contributed by atoms with E-state index in [9.17, 15) is 14.4 Å². The zero-order chi connectivity index (χ0) is 43.3. The molecule has 13 nitrogen and oxygen atoms in total. The number of primary amides is 2. The molecular formula is C41H81N5O8. The van der Waals surface area contributed by atoms with E-state index in [0.717, 1.165) is 37.7 Å². The molecular weight excluding hydrogens is 690 g/mol. The highest BCUT2D eigenvalue weighted by atomic mass is 16.5. The van der Waals surface area contributed by atoms with Crippen molar-refractivity contribution >= 4 is 30.9 Å².